The zero-order valence-corrected chi connectivity index (χ0v) is 38.7. The van der Waals surface area contributed by atoms with Crippen molar-refractivity contribution in [1.82, 2.24) is 37.2 Å². The zero-order valence-electron chi connectivity index (χ0n) is 37.9. The van der Waals surface area contributed by atoms with Crippen molar-refractivity contribution in [1.29, 1.82) is 0 Å². The first-order valence-corrected chi connectivity index (χ1v) is 23.0. The van der Waals surface area contributed by atoms with Crippen LogP contribution < -0.4 is 54.4 Å². The van der Waals surface area contributed by atoms with Gasteiger partial charge in [-0.2, -0.15) is 11.8 Å². The summed E-state index contributed by atoms with van der Waals surface area (Å²) < 4.78 is 0. The molecule has 0 aromatic rings. The fourth-order valence-electron chi connectivity index (χ4n) is 6.18. The third-order valence-electron chi connectivity index (χ3n) is 9.64. The van der Waals surface area contributed by atoms with Gasteiger partial charge in [0.15, 0.2) is 0 Å². The summed E-state index contributed by atoms with van der Waals surface area (Å²) in [7, 11) is 0. The van der Waals surface area contributed by atoms with E-state index < -0.39 is 95.7 Å². The van der Waals surface area contributed by atoms with Crippen molar-refractivity contribution >= 4 is 59.1 Å². The first-order chi connectivity index (χ1) is 28.6. The number of hydrogen-bond donors (Lipinski definition) is 11. The summed E-state index contributed by atoms with van der Waals surface area (Å²) >= 11 is 1.45. The highest BCUT2D eigenvalue weighted by atomic mass is 32.2. The maximum Gasteiger partial charge on any atom is 0.326 e. The number of unbranched alkanes of at least 4 members (excludes halogenated alkanes) is 2. The van der Waals surface area contributed by atoms with Crippen LogP contribution in [0.1, 0.15) is 120 Å². The molecule has 0 aliphatic carbocycles. The third kappa shape index (κ3) is 24.3. The molecule has 0 heterocycles. The van der Waals surface area contributed by atoms with Crippen LogP contribution in [0.15, 0.2) is 0 Å². The molecule has 0 aliphatic rings. The monoisotopic (exact) mass is 887 g/mol. The Labute approximate surface area is 366 Å². The van der Waals surface area contributed by atoms with Gasteiger partial charge in [0.2, 0.25) is 41.4 Å². The van der Waals surface area contributed by atoms with E-state index in [2.05, 4.69) is 37.2 Å². The number of nitrogens with two attached hydrogens (primary N) is 3. The number of carbonyl (C=O) groups excluding carboxylic acids is 7. The van der Waals surface area contributed by atoms with Crippen LogP contribution in [0.4, 0.5) is 0 Å². The van der Waals surface area contributed by atoms with E-state index >= 15 is 0 Å². The van der Waals surface area contributed by atoms with E-state index in [1.807, 2.05) is 47.8 Å². The maximum atomic E-state index is 13.6. The number of rotatable bonds is 32. The van der Waals surface area contributed by atoms with Crippen LogP contribution >= 0.6 is 11.8 Å². The molecule has 0 radical (unpaired) electrons. The molecule has 0 saturated carbocycles. The second-order valence-electron chi connectivity index (χ2n) is 17.0. The number of carbonyl (C=O) groups is 8. The number of amides is 7. The van der Waals surface area contributed by atoms with Crippen molar-refractivity contribution in [2.45, 2.75) is 168 Å². The molecular formula is C41H78N10O9S. The Kier molecular flexibility index (Phi) is 28.9. The molecule has 0 aromatic heterocycles. The van der Waals surface area contributed by atoms with Crippen LogP contribution in [-0.2, 0) is 38.4 Å². The van der Waals surface area contributed by atoms with E-state index in [-0.39, 0.29) is 49.9 Å². The van der Waals surface area contributed by atoms with Gasteiger partial charge in [-0.05, 0) is 114 Å². The van der Waals surface area contributed by atoms with E-state index in [1.165, 1.54) is 25.6 Å². The second-order valence-corrected chi connectivity index (χ2v) is 17.9. The molecule has 0 bridgehead atoms. The molecule has 0 unspecified atom stereocenters. The van der Waals surface area contributed by atoms with Gasteiger partial charge in [-0.25, -0.2) is 4.79 Å². The zero-order chi connectivity index (χ0) is 46.8. The minimum atomic E-state index is -1.19. The van der Waals surface area contributed by atoms with Crippen molar-refractivity contribution in [3.8, 4) is 0 Å². The number of carboxylic acid groups (broad SMARTS) is 1. The lowest BCUT2D eigenvalue weighted by molar-refractivity contribution is -0.143. The molecule has 0 aromatic carbocycles. The summed E-state index contributed by atoms with van der Waals surface area (Å²) in [5, 5.41) is 28.1. The molecule has 19 nitrogen and oxygen atoms in total. The van der Waals surface area contributed by atoms with Crippen LogP contribution in [0.3, 0.4) is 0 Å². The molecule has 7 amide bonds. The molecule has 61 heavy (non-hydrogen) atoms. The first-order valence-electron chi connectivity index (χ1n) is 21.6. The highest BCUT2D eigenvalue weighted by Gasteiger charge is 2.33. The Morgan fingerprint density at radius 1 is 0.459 bits per heavy atom. The van der Waals surface area contributed by atoms with Crippen LogP contribution in [0, 0.1) is 17.8 Å². The third-order valence-corrected chi connectivity index (χ3v) is 10.3. The van der Waals surface area contributed by atoms with Gasteiger partial charge < -0.3 is 59.5 Å². The fraction of sp³-hybridized carbons (Fsp3) is 0.805. The minimum absolute atomic E-state index is 0.0142. The number of carboxylic acids is 1. The van der Waals surface area contributed by atoms with Crippen molar-refractivity contribution in [3.63, 3.8) is 0 Å². The molecule has 8 atom stereocenters. The molecule has 20 heteroatoms. The van der Waals surface area contributed by atoms with Crippen molar-refractivity contribution < 1.29 is 43.5 Å². The van der Waals surface area contributed by atoms with Gasteiger partial charge in [-0.15, -0.1) is 0 Å². The molecule has 0 spiro atoms. The van der Waals surface area contributed by atoms with Crippen molar-refractivity contribution in [2.24, 2.45) is 35.0 Å². The highest BCUT2D eigenvalue weighted by Crippen LogP contribution is 2.11. The lowest BCUT2D eigenvalue weighted by Gasteiger charge is -2.27. The maximum absolute atomic E-state index is 13.6. The fourth-order valence-corrected chi connectivity index (χ4v) is 6.65. The number of hydrogen-bond acceptors (Lipinski definition) is 12. The number of thioether (sulfide) groups is 1. The van der Waals surface area contributed by atoms with Gasteiger partial charge in [0.05, 0.1) is 6.04 Å². The second kappa shape index (κ2) is 30.9. The molecule has 352 valence electrons. The molecular weight excluding hydrogens is 809 g/mol. The quantitative estimate of drug-likeness (QED) is 0.0397. The predicted molar refractivity (Wildman–Crippen MR) is 238 cm³/mol. The van der Waals surface area contributed by atoms with E-state index in [0.717, 1.165) is 0 Å². The molecule has 14 N–H and O–H groups in total. The Morgan fingerprint density at radius 3 is 1.21 bits per heavy atom. The average molecular weight is 887 g/mol. The summed E-state index contributed by atoms with van der Waals surface area (Å²) in [6, 6.07) is -8.55. The smallest absolute Gasteiger partial charge is 0.326 e. The van der Waals surface area contributed by atoms with Gasteiger partial charge >= 0.3 is 5.97 Å². The van der Waals surface area contributed by atoms with Crippen molar-refractivity contribution in [2.75, 3.05) is 25.1 Å². The highest BCUT2D eigenvalue weighted by molar-refractivity contribution is 7.98. The lowest BCUT2D eigenvalue weighted by atomic mass is 10.0. The largest absolute Gasteiger partial charge is 0.480 e. The molecule has 0 fully saturated rings. The standard InChI is InChI=1S/C41H78N10O9S/c1-23(2)20-31(40(58)51-33(41(59)60)22-25(5)6)49-35(53)27(8)45-37(55)29(15-11-13-18-43)47-34(52)26(7)46-38(56)30(16-19-61-9)48-39(57)32(21-24(3)4)50-36(54)28(44)14-10-12-17-42/h23-33H,10-22,42-44H2,1-9H3,(H,45,55)(H,46,56)(H,47,52)(H,48,57)(H,49,53)(H,50,54)(H,51,58)(H,59,60)/t26-,27-,28-,29-,30-,31-,32-,33-/m0/s1. The van der Waals surface area contributed by atoms with E-state index in [4.69, 9.17) is 17.2 Å². The molecule has 0 aliphatic heterocycles. The van der Waals surface area contributed by atoms with E-state index in [1.54, 1.807) is 0 Å². The van der Waals surface area contributed by atoms with Crippen LogP contribution in [0.25, 0.3) is 0 Å². The Hall–Kier alpha value is -4.01. The van der Waals surface area contributed by atoms with Gasteiger partial charge in [0.25, 0.3) is 0 Å². The Balaban J connectivity index is 5.91. The summed E-state index contributed by atoms with van der Waals surface area (Å²) in [5.41, 5.74) is 17.3. The predicted octanol–water partition coefficient (Wildman–Crippen LogP) is -0.0189. The molecule has 0 rings (SSSR count). The lowest BCUT2D eigenvalue weighted by Crippen LogP contribution is -2.59. The minimum Gasteiger partial charge on any atom is -0.480 e. The summed E-state index contributed by atoms with van der Waals surface area (Å²) in [6.45, 7) is 14.8. The topological polar surface area (TPSA) is 319 Å². The van der Waals surface area contributed by atoms with E-state index in [0.29, 0.717) is 50.9 Å². The molecule has 0 saturated heterocycles. The van der Waals surface area contributed by atoms with Gasteiger partial charge in [0, 0.05) is 0 Å². The summed E-state index contributed by atoms with van der Waals surface area (Å²) in [4.78, 5) is 105. The Bertz CT molecular complexity index is 1400. The first kappa shape index (κ1) is 57.0. The summed E-state index contributed by atoms with van der Waals surface area (Å²) in [6.07, 6.45) is 5.65. The van der Waals surface area contributed by atoms with Crippen LogP contribution in [0.5, 0.6) is 0 Å². The SMILES string of the molecule is CSCC[C@H](NC(=O)[C@H](CC(C)C)NC(=O)[C@@H](N)CCCCN)C(=O)N[C@@H](C)C(=O)N[C@@H](CCCCN)C(=O)N[C@@H](C)C(=O)N[C@@H](CC(C)C)C(=O)N[C@@H](CC(C)C)C(=O)O. The van der Waals surface area contributed by atoms with Crippen LogP contribution in [-0.4, -0.2) is 126 Å². The average Bonchev–Trinajstić information content (AvgIpc) is 3.17. The van der Waals surface area contributed by atoms with Crippen LogP contribution in [0.2, 0.25) is 0 Å². The number of aliphatic carboxylic acids is 1. The van der Waals surface area contributed by atoms with E-state index in [9.17, 15) is 43.5 Å². The van der Waals surface area contributed by atoms with Crippen molar-refractivity contribution in [3.05, 3.63) is 0 Å². The van der Waals surface area contributed by atoms with Gasteiger partial charge in [0.1, 0.15) is 42.3 Å². The number of nitrogens with one attached hydrogen (secondary N) is 7. The normalized spacial score (nSPS) is 15.3. The van der Waals surface area contributed by atoms with Gasteiger partial charge in [-0.1, -0.05) is 48.0 Å². The summed E-state index contributed by atoms with van der Waals surface area (Å²) in [5.74, 6) is -5.22. The Morgan fingerprint density at radius 2 is 0.803 bits per heavy atom. The van der Waals surface area contributed by atoms with Gasteiger partial charge in [-0.3, -0.25) is 33.6 Å².